The van der Waals surface area contributed by atoms with Crippen molar-refractivity contribution in [2.24, 2.45) is 11.8 Å². The molecule has 0 saturated carbocycles. The molecule has 0 atom stereocenters. The van der Waals surface area contributed by atoms with Crippen LogP contribution in [0.2, 0.25) is 0 Å². The zero-order valence-corrected chi connectivity index (χ0v) is 24.6. The number of carbonyl (C=O) groups excluding carboxylic acids is 2. The number of rotatable bonds is 26. The van der Waals surface area contributed by atoms with Gasteiger partial charge in [0.2, 0.25) is 0 Å². The fraction of sp³-hybridized carbons (Fsp3) is 0.933. The van der Waals surface area contributed by atoms with Crippen molar-refractivity contribution in [1.82, 2.24) is 0 Å². The molecule has 0 bridgehead atoms. The van der Waals surface area contributed by atoms with Gasteiger partial charge in [0.15, 0.2) is 0 Å². The fourth-order valence-electron chi connectivity index (χ4n) is 4.10. The number of thioether (sulfide) groups is 1. The minimum Gasteiger partial charge on any atom is -0.465 e. The van der Waals surface area contributed by atoms with Gasteiger partial charge < -0.3 is 9.47 Å². The maximum atomic E-state index is 11.8. The van der Waals surface area contributed by atoms with Crippen molar-refractivity contribution < 1.29 is 19.1 Å². The van der Waals surface area contributed by atoms with Crippen molar-refractivity contribution in [3.63, 3.8) is 0 Å². The lowest BCUT2D eigenvalue weighted by Crippen LogP contribution is -2.13. The molecule has 35 heavy (non-hydrogen) atoms. The van der Waals surface area contributed by atoms with Crippen molar-refractivity contribution in [2.75, 3.05) is 24.7 Å². The second kappa shape index (κ2) is 26.4. The Bertz CT molecular complexity index is 437. The summed E-state index contributed by atoms with van der Waals surface area (Å²) in [7, 11) is 0. The highest BCUT2D eigenvalue weighted by Gasteiger charge is 2.07. The number of hydrogen-bond acceptors (Lipinski definition) is 5. The number of esters is 2. The molecule has 0 spiro atoms. The highest BCUT2D eigenvalue weighted by molar-refractivity contribution is 8.00. The van der Waals surface area contributed by atoms with Crippen LogP contribution in [0.1, 0.15) is 143 Å². The van der Waals surface area contributed by atoms with E-state index >= 15 is 0 Å². The SMILES string of the molecule is CC(C)CCCCCCCCCCOC(=O)CSCC(=O)OCCCCCCCCCCC(C)C. The highest BCUT2D eigenvalue weighted by Crippen LogP contribution is 2.14. The summed E-state index contributed by atoms with van der Waals surface area (Å²) in [5.74, 6) is 1.65. The summed E-state index contributed by atoms with van der Waals surface area (Å²) >= 11 is 1.29. The first-order chi connectivity index (χ1) is 16.9. The quantitative estimate of drug-likeness (QED) is 0.0850. The van der Waals surface area contributed by atoms with E-state index in [1.807, 2.05) is 0 Å². The van der Waals surface area contributed by atoms with E-state index in [0.717, 1.165) is 37.5 Å². The van der Waals surface area contributed by atoms with Gasteiger partial charge in [-0.25, -0.2) is 0 Å². The molecule has 4 nitrogen and oxygen atoms in total. The molecule has 0 fully saturated rings. The third-order valence-corrected chi connectivity index (χ3v) is 7.20. The second-order valence-electron chi connectivity index (χ2n) is 11.0. The van der Waals surface area contributed by atoms with E-state index in [2.05, 4.69) is 27.7 Å². The van der Waals surface area contributed by atoms with Crippen LogP contribution in [-0.2, 0) is 19.1 Å². The Labute approximate surface area is 222 Å². The number of carbonyl (C=O) groups is 2. The molecule has 5 heteroatoms. The normalized spacial score (nSPS) is 11.4. The van der Waals surface area contributed by atoms with Crippen molar-refractivity contribution in [2.45, 2.75) is 143 Å². The van der Waals surface area contributed by atoms with Crippen LogP contribution in [0.3, 0.4) is 0 Å². The lowest BCUT2D eigenvalue weighted by molar-refractivity contribution is -0.140. The molecule has 0 aromatic rings. The first-order valence-corrected chi connectivity index (χ1v) is 16.0. The van der Waals surface area contributed by atoms with E-state index in [4.69, 9.17) is 9.47 Å². The Morgan fingerprint density at radius 2 is 0.771 bits per heavy atom. The molecule has 0 rings (SSSR count). The van der Waals surface area contributed by atoms with Gasteiger partial charge in [-0.15, -0.1) is 11.8 Å². The maximum absolute atomic E-state index is 11.8. The Balaban J connectivity index is 3.31. The van der Waals surface area contributed by atoms with Crippen LogP contribution in [0, 0.1) is 11.8 Å². The van der Waals surface area contributed by atoms with E-state index in [1.165, 1.54) is 102 Å². The third-order valence-electron chi connectivity index (χ3n) is 6.32. The molecule has 0 aliphatic rings. The van der Waals surface area contributed by atoms with Gasteiger partial charge in [-0.2, -0.15) is 0 Å². The lowest BCUT2D eigenvalue weighted by atomic mass is 10.0. The monoisotopic (exact) mass is 514 g/mol. The molecule has 0 radical (unpaired) electrons. The van der Waals surface area contributed by atoms with Gasteiger partial charge >= 0.3 is 11.9 Å². The highest BCUT2D eigenvalue weighted by atomic mass is 32.2. The summed E-state index contributed by atoms with van der Waals surface area (Å²) in [5, 5.41) is 0. The molecule has 0 amide bonds. The predicted octanol–water partition coefficient (Wildman–Crippen LogP) is 9.14. The Morgan fingerprint density at radius 3 is 1.09 bits per heavy atom. The van der Waals surface area contributed by atoms with E-state index in [9.17, 15) is 9.59 Å². The van der Waals surface area contributed by atoms with E-state index < -0.39 is 0 Å². The predicted molar refractivity (Wildman–Crippen MR) is 152 cm³/mol. The van der Waals surface area contributed by atoms with E-state index in [-0.39, 0.29) is 23.4 Å². The van der Waals surface area contributed by atoms with Gasteiger partial charge in [0, 0.05) is 0 Å². The Kier molecular flexibility index (Phi) is 25.8. The van der Waals surface area contributed by atoms with E-state index in [1.54, 1.807) is 0 Å². The summed E-state index contributed by atoms with van der Waals surface area (Å²) in [4.78, 5) is 23.6. The first-order valence-electron chi connectivity index (χ1n) is 14.8. The van der Waals surface area contributed by atoms with Crippen molar-refractivity contribution in [3.05, 3.63) is 0 Å². The average Bonchev–Trinajstić information content (AvgIpc) is 2.80. The molecule has 0 aliphatic carbocycles. The number of hydrogen-bond donors (Lipinski definition) is 0. The summed E-state index contributed by atoms with van der Waals surface area (Å²) in [6, 6.07) is 0. The van der Waals surface area contributed by atoms with Crippen LogP contribution in [0.15, 0.2) is 0 Å². The molecular weight excluding hydrogens is 456 g/mol. The summed E-state index contributed by atoms with van der Waals surface area (Å²) in [5.41, 5.74) is 0. The van der Waals surface area contributed by atoms with Crippen LogP contribution in [0.4, 0.5) is 0 Å². The van der Waals surface area contributed by atoms with Crippen molar-refractivity contribution in [1.29, 1.82) is 0 Å². The Morgan fingerprint density at radius 1 is 0.486 bits per heavy atom. The zero-order chi connectivity index (χ0) is 26.0. The number of unbranched alkanes of at least 4 members (excludes halogenated alkanes) is 14. The lowest BCUT2D eigenvalue weighted by Gasteiger charge is -2.07. The molecular formula is C30H58O4S. The molecule has 0 unspecified atom stereocenters. The molecule has 0 saturated heterocycles. The second-order valence-corrected chi connectivity index (χ2v) is 11.9. The van der Waals surface area contributed by atoms with Gasteiger partial charge in [-0.3, -0.25) is 9.59 Å². The largest absolute Gasteiger partial charge is 0.465 e. The average molecular weight is 515 g/mol. The van der Waals surface area contributed by atoms with E-state index in [0.29, 0.717) is 13.2 Å². The Hall–Kier alpha value is -0.710. The van der Waals surface area contributed by atoms with Crippen LogP contribution in [0.5, 0.6) is 0 Å². The summed E-state index contributed by atoms with van der Waals surface area (Å²) in [6.07, 6.45) is 22.6. The zero-order valence-electron chi connectivity index (χ0n) is 23.8. The summed E-state index contributed by atoms with van der Waals surface area (Å²) < 4.78 is 10.5. The van der Waals surface area contributed by atoms with Crippen LogP contribution >= 0.6 is 11.8 Å². The molecule has 208 valence electrons. The third kappa shape index (κ3) is 29.4. The van der Waals surface area contributed by atoms with Crippen molar-refractivity contribution >= 4 is 23.7 Å². The first kappa shape index (κ1) is 34.3. The molecule has 0 aromatic heterocycles. The molecule has 0 aliphatic heterocycles. The minimum absolute atomic E-state index is 0.225. The molecule has 0 aromatic carbocycles. The topological polar surface area (TPSA) is 52.6 Å². The number of ether oxygens (including phenoxy) is 2. The molecule has 0 heterocycles. The van der Waals surface area contributed by atoms with Crippen molar-refractivity contribution in [3.8, 4) is 0 Å². The van der Waals surface area contributed by atoms with Gasteiger partial charge in [-0.05, 0) is 24.7 Å². The van der Waals surface area contributed by atoms with Crippen LogP contribution < -0.4 is 0 Å². The standard InChI is InChI=1S/C30H58O4S/c1-27(2)21-17-13-9-5-7-11-15-19-23-33-29(31)25-35-26-30(32)34-24-20-16-12-8-6-10-14-18-22-28(3)4/h27-28H,5-26H2,1-4H3. The van der Waals surface area contributed by atoms with Gasteiger partial charge in [-0.1, -0.05) is 130 Å². The van der Waals surface area contributed by atoms with Gasteiger partial charge in [0.1, 0.15) is 0 Å². The fourth-order valence-corrected chi connectivity index (χ4v) is 4.71. The van der Waals surface area contributed by atoms with Gasteiger partial charge in [0.25, 0.3) is 0 Å². The molecule has 0 N–H and O–H groups in total. The maximum Gasteiger partial charge on any atom is 0.315 e. The van der Waals surface area contributed by atoms with Crippen LogP contribution in [0.25, 0.3) is 0 Å². The summed E-state index contributed by atoms with van der Waals surface area (Å²) in [6.45, 7) is 10.2. The smallest absolute Gasteiger partial charge is 0.315 e. The minimum atomic E-state index is -0.225. The van der Waals surface area contributed by atoms with Crippen LogP contribution in [-0.4, -0.2) is 36.7 Å². The van der Waals surface area contributed by atoms with Gasteiger partial charge in [0.05, 0.1) is 24.7 Å².